The number of nitro groups is 1. The Morgan fingerprint density at radius 1 is 1.25 bits per heavy atom. The molecular formula is C14H13NO5. The first kappa shape index (κ1) is 15.3. The molecule has 104 valence electrons. The fourth-order valence-electron chi connectivity index (χ4n) is 1.28. The lowest BCUT2D eigenvalue weighted by molar-refractivity contribution is -0.384. The maximum absolute atomic E-state index is 11.7. The van der Waals surface area contributed by atoms with Crippen molar-refractivity contribution in [3.05, 3.63) is 64.2 Å². The first-order chi connectivity index (χ1) is 9.54. The molecule has 0 unspecified atom stereocenters. The van der Waals surface area contributed by atoms with Crippen molar-refractivity contribution in [1.29, 1.82) is 0 Å². The number of ether oxygens (including phenoxy) is 1. The number of rotatable bonds is 6. The van der Waals surface area contributed by atoms with Gasteiger partial charge >= 0.3 is 5.97 Å². The standard InChI is InChI=1S/C14H13NO5/c1-2-3-4-5-14(17)20-10-13(16)11-6-8-12(9-7-11)15(18)19/h2-9H,10H2,1H3. The zero-order chi connectivity index (χ0) is 15.0. The third kappa shape index (κ3) is 4.85. The van der Waals surface area contributed by atoms with Gasteiger partial charge in [0, 0.05) is 23.8 Å². The van der Waals surface area contributed by atoms with E-state index in [1.54, 1.807) is 19.1 Å². The minimum absolute atomic E-state index is 0.104. The molecular weight excluding hydrogens is 262 g/mol. The lowest BCUT2D eigenvalue weighted by atomic mass is 10.1. The van der Waals surface area contributed by atoms with Crippen LogP contribution in [-0.2, 0) is 9.53 Å². The van der Waals surface area contributed by atoms with E-state index >= 15 is 0 Å². The molecule has 0 atom stereocenters. The van der Waals surface area contributed by atoms with Crippen LogP contribution in [0.25, 0.3) is 0 Å². The molecule has 0 saturated carbocycles. The first-order valence-electron chi connectivity index (χ1n) is 5.78. The maximum Gasteiger partial charge on any atom is 0.331 e. The normalized spacial score (nSPS) is 10.8. The molecule has 1 rings (SSSR count). The number of ketones is 1. The molecule has 1 aromatic rings. The summed E-state index contributed by atoms with van der Waals surface area (Å²) in [5, 5.41) is 10.5. The van der Waals surface area contributed by atoms with Crippen molar-refractivity contribution in [3.63, 3.8) is 0 Å². The highest BCUT2D eigenvalue weighted by Crippen LogP contribution is 2.12. The number of hydrogen-bond donors (Lipinski definition) is 0. The summed E-state index contributed by atoms with van der Waals surface area (Å²) in [6.07, 6.45) is 6.09. The van der Waals surface area contributed by atoms with E-state index in [1.165, 1.54) is 36.4 Å². The Bertz CT molecular complexity index is 557. The van der Waals surface area contributed by atoms with Gasteiger partial charge in [0.05, 0.1) is 4.92 Å². The summed E-state index contributed by atoms with van der Waals surface area (Å²) >= 11 is 0. The van der Waals surface area contributed by atoms with Crippen LogP contribution >= 0.6 is 0 Å². The minimum Gasteiger partial charge on any atom is -0.454 e. The Morgan fingerprint density at radius 3 is 2.45 bits per heavy atom. The Hall–Kier alpha value is -2.76. The smallest absolute Gasteiger partial charge is 0.331 e. The first-order valence-corrected chi connectivity index (χ1v) is 5.78. The molecule has 0 aliphatic heterocycles. The molecule has 6 nitrogen and oxygen atoms in total. The van der Waals surface area contributed by atoms with E-state index in [0.717, 1.165) is 0 Å². The van der Waals surface area contributed by atoms with Crippen molar-refractivity contribution in [3.8, 4) is 0 Å². The van der Waals surface area contributed by atoms with Crippen LogP contribution in [0.5, 0.6) is 0 Å². The lowest BCUT2D eigenvalue weighted by Gasteiger charge is -2.01. The van der Waals surface area contributed by atoms with E-state index in [2.05, 4.69) is 0 Å². The second-order valence-corrected chi connectivity index (χ2v) is 3.72. The Kier molecular flexibility index (Phi) is 5.83. The summed E-state index contributed by atoms with van der Waals surface area (Å²) in [6.45, 7) is 1.39. The minimum atomic E-state index is -0.627. The number of hydrogen-bond acceptors (Lipinski definition) is 5. The SMILES string of the molecule is CC=CC=CC(=O)OCC(=O)c1ccc([N+](=O)[O-])cc1. The highest BCUT2D eigenvalue weighted by atomic mass is 16.6. The molecule has 0 amide bonds. The number of esters is 1. The molecule has 0 spiro atoms. The highest BCUT2D eigenvalue weighted by Gasteiger charge is 2.10. The van der Waals surface area contributed by atoms with Crippen LogP contribution in [0.15, 0.2) is 48.6 Å². The van der Waals surface area contributed by atoms with Gasteiger partial charge in [-0.15, -0.1) is 0 Å². The summed E-state index contributed by atoms with van der Waals surface area (Å²) in [5.74, 6) is -1.05. The van der Waals surface area contributed by atoms with Gasteiger partial charge in [0.2, 0.25) is 0 Å². The molecule has 0 aromatic heterocycles. The molecule has 0 N–H and O–H groups in total. The second kappa shape index (κ2) is 7.63. The van der Waals surface area contributed by atoms with Crippen LogP contribution < -0.4 is 0 Å². The van der Waals surface area contributed by atoms with Gasteiger partial charge < -0.3 is 4.74 Å². The van der Waals surface area contributed by atoms with Gasteiger partial charge in [0.1, 0.15) is 0 Å². The Morgan fingerprint density at radius 2 is 1.90 bits per heavy atom. The summed E-state index contributed by atoms with van der Waals surface area (Å²) in [6, 6.07) is 5.09. The maximum atomic E-state index is 11.7. The molecule has 1 aromatic carbocycles. The number of benzene rings is 1. The van der Waals surface area contributed by atoms with Gasteiger partial charge in [-0.05, 0) is 19.1 Å². The molecule has 0 fully saturated rings. The second-order valence-electron chi connectivity index (χ2n) is 3.72. The predicted octanol–water partition coefficient (Wildman–Crippen LogP) is 2.45. The van der Waals surface area contributed by atoms with Gasteiger partial charge in [-0.3, -0.25) is 14.9 Å². The largest absolute Gasteiger partial charge is 0.454 e. The third-order valence-corrected chi connectivity index (χ3v) is 2.28. The fourth-order valence-corrected chi connectivity index (χ4v) is 1.28. The number of nitrogens with zero attached hydrogens (tertiary/aromatic N) is 1. The zero-order valence-electron chi connectivity index (χ0n) is 10.8. The van der Waals surface area contributed by atoms with Crippen LogP contribution in [0, 0.1) is 10.1 Å². The van der Waals surface area contributed by atoms with E-state index in [-0.39, 0.29) is 11.3 Å². The molecule has 0 radical (unpaired) electrons. The van der Waals surface area contributed by atoms with Gasteiger partial charge in [-0.1, -0.05) is 18.2 Å². The van der Waals surface area contributed by atoms with Crippen molar-refractivity contribution in [1.82, 2.24) is 0 Å². The predicted molar refractivity (Wildman–Crippen MR) is 72.3 cm³/mol. The van der Waals surface area contributed by atoms with Crippen LogP contribution in [-0.4, -0.2) is 23.3 Å². The Labute approximate surface area is 115 Å². The van der Waals surface area contributed by atoms with Crippen molar-refractivity contribution in [2.45, 2.75) is 6.92 Å². The van der Waals surface area contributed by atoms with Crippen molar-refractivity contribution in [2.24, 2.45) is 0 Å². The number of carbonyl (C=O) groups is 2. The zero-order valence-corrected chi connectivity index (χ0v) is 10.8. The number of carbonyl (C=O) groups excluding carboxylic acids is 2. The van der Waals surface area contributed by atoms with E-state index in [9.17, 15) is 19.7 Å². The molecule has 0 aliphatic rings. The van der Waals surface area contributed by atoms with E-state index in [0.29, 0.717) is 0 Å². The van der Waals surface area contributed by atoms with E-state index in [4.69, 9.17) is 4.74 Å². The van der Waals surface area contributed by atoms with Crippen LogP contribution in [0.4, 0.5) is 5.69 Å². The number of Topliss-reactive ketones (excluding diaryl/α,β-unsaturated/α-hetero) is 1. The van der Waals surface area contributed by atoms with Crippen LogP contribution in [0.3, 0.4) is 0 Å². The van der Waals surface area contributed by atoms with Gasteiger partial charge in [-0.25, -0.2) is 4.79 Å². The lowest BCUT2D eigenvalue weighted by Crippen LogP contribution is -2.12. The van der Waals surface area contributed by atoms with Crippen molar-refractivity contribution in [2.75, 3.05) is 6.61 Å². The summed E-state index contributed by atoms with van der Waals surface area (Å²) in [7, 11) is 0. The van der Waals surface area contributed by atoms with E-state index < -0.39 is 23.3 Å². The summed E-state index contributed by atoms with van der Waals surface area (Å²) in [5.41, 5.74) is 0.147. The van der Waals surface area contributed by atoms with Crippen molar-refractivity contribution >= 4 is 17.4 Å². The Balaban J connectivity index is 2.54. The monoisotopic (exact) mass is 275 g/mol. The van der Waals surface area contributed by atoms with Crippen LogP contribution in [0.1, 0.15) is 17.3 Å². The van der Waals surface area contributed by atoms with E-state index in [1.807, 2.05) is 0 Å². The van der Waals surface area contributed by atoms with Gasteiger partial charge in [-0.2, -0.15) is 0 Å². The quantitative estimate of drug-likeness (QED) is 0.199. The number of nitro benzene ring substituents is 1. The molecule has 0 heterocycles. The van der Waals surface area contributed by atoms with Gasteiger partial charge in [0.25, 0.3) is 5.69 Å². The molecule has 20 heavy (non-hydrogen) atoms. The van der Waals surface area contributed by atoms with Crippen LogP contribution in [0.2, 0.25) is 0 Å². The molecule has 0 aliphatic carbocycles. The van der Waals surface area contributed by atoms with Crippen molar-refractivity contribution < 1.29 is 19.2 Å². The molecule has 0 bridgehead atoms. The number of non-ortho nitro benzene ring substituents is 1. The number of allylic oxidation sites excluding steroid dienone is 3. The van der Waals surface area contributed by atoms with Gasteiger partial charge in [0.15, 0.2) is 12.4 Å². The fraction of sp³-hybridized carbons (Fsp3) is 0.143. The summed E-state index contributed by atoms with van der Waals surface area (Å²) in [4.78, 5) is 32.8. The molecule has 6 heteroatoms. The molecule has 0 saturated heterocycles. The average Bonchev–Trinajstić information content (AvgIpc) is 2.45. The summed E-state index contributed by atoms with van der Waals surface area (Å²) < 4.78 is 4.74. The third-order valence-electron chi connectivity index (χ3n) is 2.28. The topological polar surface area (TPSA) is 86.5 Å². The average molecular weight is 275 g/mol. The highest BCUT2D eigenvalue weighted by molar-refractivity contribution is 5.98.